The first-order valence-electron chi connectivity index (χ1n) is 40.7. The third kappa shape index (κ3) is 34.6. The van der Waals surface area contributed by atoms with Gasteiger partial charge >= 0.3 is 0 Å². The summed E-state index contributed by atoms with van der Waals surface area (Å²) in [5, 5.41) is 0. The molecule has 11 saturated carbocycles. The van der Waals surface area contributed by atoms with Crippen LogP contribution in [0.2, 0.25) is 0 Å². The Bertz CT molecular complexity index is 1530. The van der Waals surface area contributed by atoms with Crippen LogP contribution in [0.1, 0.15) is 426 Å². The van der Waals surface area contributed by atoms with Gasteiger partial charge in [-0.25, -0.2) is 0 Å². The molecule has 0 nitrogen and oxygen atoms in total. The molecule has 0 aromatic heterocycles. The summed E-state index contributed by atoms with van der Waals surface area (Å²) in [5.74, 6) is 17.9. The van der Waals surface area contributed by atoms with Crippen LogP contribution in [-0.4, -0.2) is 0 Å². The standard InChI is InChI=1S/11C8H16/c2*1-6-4-7(2)8(3)5-6;2*1-7-4-5-8(2,3)6-7;2*1-7-5-4-6-8(7,2)3;2*1-6-4-5-7(2)8(6)3;2*1-3-8(2)6-4-5-7-8;1-3-8-6-4-5-7(8)2/h2*6-8H,4-5H2,1-3H3;4*7H,4-6H2,1-3H3;2*6-8H,4-5H2,1-3H3;2*3-7H2,1-2H3;7-8H,3-6H2,1-2H3/t6?,7-,8?;;7-;;7-;;;;;;/m0.0.0....../s1. The van der Waals surface area contributed by atoms with Crippen LogP contribution in [0.5, 0.6) is 0 Å². The summed E-state index contributed by atoms with van der Waals surface area (Å²) in [6.07, 6.45) is 49.5. The summed E-state index contributed by atoms with van der Waals surface area (Å²) in [7, 11) is 0. The molecule has 11 rings (SSSR count). The van der Waals surface area contributed by atoms with Crippen molar-refractivity contribution in [2.45, 2.75) is 426 Å². The van der Waals surface area contributed by atoms with Gasteiger partial charge in [-0.05, 0) is 229 Å². The molecule has 0 amide bonds. The van der Waals surface area contributed by atoms with Crippen LogP contribution in [0, 0.1) is 139 Å². The lowest BCUT2D eigenvalue weighted by atomic mass is 9.83. The van der Waals surface area contributed by atoms with Gasteiger partial charge < -0.3 is 0 Å². The molecule has 0 aromatic rings. The van der Waals surface area contributed by atoms with Crippen LogP contribution < -0.4 is 0 Å². The van der Waals surface area contributed by atoms with Crippen molar-refractivity contribution in [1.29, 1.82) is 0 Å². The monoisotopic (exact) mass is 1230 g/mol. The molecule has 11 aliphatic carbocycles. The van der Waals surface area contributed by atoms with Gasteiger partial charge in [-0.2, -0.15) is 0 Å². The second kappa shape index (κ2) is 41.8. The van der Waals surface area contributed by atoms with E-state index in [4.69, 9.17) is 0 Å². The summed E-state index contributed by atoms with van der Waals surface area (Å²) >= 11 is 0. The molecule has 11 fully saturated rings. The van der Waals surface area contributed by atoms with Crippen LogP contribution in [0.15, 0.2) is 0 Å². The highest BCUT2D eigenvalue weighted by Gasteiger charge is 2.34. The first-order chi connectivity index (χ1) is 40.7. The van der Waals surface area contributed by atoms with Crippen molar-refractivity contribution in [3.63, 3.8) is 0 Å². The highest BCUT2D eigenvalue weighted by molar-refractivity contribution is 4.85. The summed E-state index contributed by atoms with van der Waals surface area (Å²) in [5.41, 5.74) is 4.11. The van der Waals surface area contributed by atoms with E-state index in [0.717, 1.165) is 117 Å². The summed E-state index contributed by atoms with van der Waals surface area (Å²) in [6, 6.07) is 0. The third-order valence-corrected chi connectivity index (χ3v) is 28.7. The molecule has 0 heteroatoms. The third-order valence-electron chi connectivity index (χ3n) is 28.7. The second-order valence-corrected chi connectivity index (χ2v) is 39.3. The van der Waals surface area contributed by atoms with E-state index in [-0.39, 0.29) is 0 Å². The van der Waals surface area contributed by atoms with Crippen molar-refractivity contribution in [3.05, 3.63) is 0 Å². The lowest BCUT2D eigenvalue weighted by Gasteiger charge is -2.22. The zero-order valence-corrected chi connectivity index (χ0v) is 67.4. The number of hydrogen-bond donors (Lipinski definition) is 0. The van der Waals surface area contributed by atoms with E-state index in [9.17, 15) is 0 Å². The Kier molecular flexibility index (Phi) is 40.9. The maximum atomic E-state index is 2.42. The van der Waals surface area contributed by atoms with Gasteiger partial charge in [0.2, 0.25) is 0 Å². The number of hydrogen-bond acceptors (Lipinski definition) is 0. The topological polar surface area (TPSA) is 0 Å². The highest BCUT2D eigenvalue weighted by Crippen LogP contribution is 2.46. The minimum absolute atomic E-state index is 0.653. The van der Waals surface area contributed by atoms with Gasteiger partial charge in [0.15, 0.2) is 0 Å². The van der Waals surface area contributed by atoms with Crippen LogP contribution in [-0.2, 0) is 0 Å². The van der Waals surface area contributed by atoms with E-state index in [0.29, 0.717) is 21.7 Å². The van der Waals surface area contributed by atoms with E-state index >= 15 is 0 Å². The molecule has 0 bridgehead atoms. The maximum Gasteiger partial charge on any atom is -0.0328 e. The smallest absolute Gasteiger partial charge is 0.0328 e. The first kappa shape index (κ1) is 86.0. The SMILES string of the molecule is CC1CC(C)C(C)C1.CC1CC(C)[C@@H](C)C1.CC1CCC(C)(C)C1.CC1CCC(C)C1C.CC1CCC(C)C1C.CC1CCCC1(C)C.CCC1(C)CCCC1.CCC1(C)CCCC1.CCC1CCCC1C.C[C@H]1CCC(C)(C)C1.C[C@H]1CCCC1(C)C. The Morgan fingerprint density at radius 2 is 0.557 bits per heavy atom. The summed E-state index contributed by atoms with van der Waals surface area (Å²) < 4.78 is 0. The fraction of sp³-hybridized carbons (Fsp3) is 1.00. The van der Waals surface area contributed by atoms with Gasteiger partial charge in [0.1, 0.15) is 0 Å². The van der Waals surface area contributed by atoms with Crippen molar-refractivity contribution in [2.75, 3.05) is 0 Å². The molecule has 11 aliphatic rings. The van der Waals surface area contributed by atoms with Crippen molar-refractivity contribution in [1.82, 2.24) is 0 Å². The molecule has 88 heavy (non-hydrogen) atoms. The molecule has 12 unspecified atom stereocenters. The fourth-order valence-corrected chi connectivity index (χ4v) is 18.4. The quantitative estimate of drug-likeness (QED) is 0.264. The van der Waals surface area contributed by atoms with Gasteiger partial charge in [0, 0.05) is 0 Å². The fourth-order valence-electron chi connectivity index (χ4n) is 18.4. The predicted octanol–water partition coefficient (Wildman–Crippen LogP) is 30.9. The van der Waals surface area contributed by atoms with Crippen LogP contribution in [0.3, 0.4) is 0 Å². The van der Waals surface area contributed by atoms with Gasteiger partial charge in [0.05, 0.1) is 0 Å². The van der Waals surface area contributed by atoms with E-state index in [1.54, 1.807) is 0 Å². The Hall–Kier alpha value is 0. The van der Waals surface area contributed by atoms with E-state index in [2.05, 4.69) is 208 Å². The lowest BCUT2D eigenvalue weighted by molar-refractivity contribution is 0.281. The zero-order chi connectivity index (χ0) is 67.4. The summed E-state index contributed by atoms with van der Waals surface area (Å²) in [6.45, 7) is 71.0. The minimum Gasteiger partial charge on any atom is -0.0651 e. The first-order valence-corrected chi connectivity index (χ1v) is 40.7. The molecule has 0 aromatic carbocycles. The van der Waals surface area contributed by atoms with Crippen LogP contribution in [0.4, 0.5) is 0 Å². The Morgan fingerprint density at radius 1 is 0.261 bits per heavy atom. The molecule has 0 saturated heterocycles. The molecule has 0 aliphatic heterocycles. The average molecular weight is 1230 g/mol. The van der Waals surface area contributed by atoms with Gasteiger partial charge in [0.25, 0.3) is 0 Å². The molecular formula is C88H176. The van der Waals surface area contributed by atoms with Crippen LogP contribution >= 0.6 is 0 Å². The Labute approximate surface area is 561 Å². The van der Waals surface area contributed by atoms with E-state index in [1.807, 2.05) is 0 Å². The molecule has 15 atom stereocenters. The van der Waals surface area contributed by atoms with Gasteiger partial charge in [-0.1, -0.05) is 336 Å². The largest absolute Gasteiger partial charge is 0.0651 e. The zero-order valence-electron chi connectivity index (χ0n) is 67.4. The normalized spacial score (nSPS) is 38.5. The summed E-state index contributed by atoms with van der Waals surface area (Å²) in [4.78, 5) is 0. The average Bonchev–Trinajstić information content (AvgIpc) is 4.48. The molecule has 528 valence electrons. The Balaban J connectivity index is 0.000000484. The van der Waals surface area contributed by atoms with Crippen LogP contribution in [0.25, 0.3) is 0 Å². The van der Waals surface area contributed by atoms with E-state index in [1.165, 1.54) is 218 Å². The molecular weight excluding hydrogens is 1060 g/mol. The number of rotatable bonds is 3. The predicted molar refractivity (Wildman–Crippen MR) is 405 cm³/mol. The maximum absolute atomic E-state index is 2.42. The van der Waals surface area contributed by atoms with Crippen molar-refractivity contribution in [3.8, 4) is 0 Å². The highest BCUT2D eigenvalue weighted by atomic mass is 14.4. The van der Waals surface area contributed by atoms with Crippen molar-refractivity contribution < 1.29 is 0 Å². The van der Waals surface area contributed by atoms with Crippen molar-refractivity contribution in [2.24, 2.45) is 139 Å². The molecule has 0 radical (unpaired) electrons. The lowest BCUT2D eigenvalue weighted by Crippen LogP contribution is -2.13. The molecule has 0 heterocycles. The molecule has 0 N–H and O–H groups in total. The minimum atomic E-state index is 0.653. The van der Waals surface area contributed by atoms with Gasteiger partial charge in [-0.15, -0.1) is 0 Å². The van der Waals surface area contributed by atoms with E-state index < -0.39 is 0 Å². The van der Waals surface area contributed by atoms with Crippen molar-refractivity contribution >= 4 is 0 Å². The second-order valence-electron chi connectivity index (χ2n) is 39.3. The van der Waals surface area contributed by atoms with Gasteiger partial charge in [-0.3, -0.25) is 0 Å². The molecule has 0 spiro atoms. The Morgan fingerprint density at radius 3 is 0.648 bits per heavy atom.